The average Bonchev–Trinajstić information content (AvgIpc) is 3.26. The van der Waals surface area contributed by atoms with E-state index in [9.17, 15) is 24.9 Å². The van der Waals surface area contributed by atoms with Crippen LogP contribution in [-0.2, 0) is 11.2 Å². The van der Waals surface area contributed by atoms with E-state index in [4.69, 9.17) is 18.3 Å². The molecule has 0 unspecified atom stereocenters. The second-order valence-corrected chi connectivity index (χ2v) is 8.29. The first-order valence-corrected chi connectivity index (χ1v) is 11.1. The van der Waals surface area contributed by atoms with Crippen molar-refractivity contribution in [1.29, 1.82) is 0 Å². The number of hydrogen-bond acceptors (Lipinski definition) is 8. The number of hydrogen-bond donors (Lipinski definition) is 3. The standard InChI is InChI=1S/C27H18O9/c28-16-12-18(13-4-2-1-3-5-13)35-26-21-15(11-20(29)30)25(36-27(21)24(32)23(31)22(16)26)14-6-7-17-19(10-14)34-9-8-33-17/h1-7,10,12,31-32H,8-9,11H2,(H,29,30). The molecular weight excluding hydrogens is 468 g/mol. The zero-order valence-electron chi connectivity index (χ0n) is 18.6. The molecule has 9 heteroatoms. The maximum Gasteiger partial charge on any atom is 0.307 e. The molecule has 0 atom stereocenters. The molecule has 0 saturated carbocycles. The Hall–Kier alpha value is -4.92. The highest BCUT2D eigenvalue weighted by molar-refractivity contribution is 6.13. The maximum atomic E-state index is 13.1. The van der Waals surface area contributed by atoms with Crippen molar-refractivity contribution in [2.24, 2.45) is 0 Å². The molecule has 0 saturated heterocycles. The van der Waals surface area contributed by atoms with Gasteiger partial charge in [0.2, 0.25) is 5.75 Å². The number of fused-ring (bicyclic) bond motifs is 4. The minimum Gasteiger partial charge on any atom is -0.504 e. The van der Waals surface area contributed by atoms with Gasteiger partial charge in [-0.05, 0) is 18.2 Å². The van der Waals surface area contributed by atoms with Crippen molar-refractivity contribution in [3.05, 3.63) is 70.4 Å². The molecule has 2 aromatic heterocycles. The van der Waals surface area contributed by atoms with E-state index in [0.29, 0.717) is 35.8 Å². The number of carboxylic acids is 1. The van der Waals surface area contributed by atoms with Gasteiger partial charge >= 0.3 is 5.97 Å². The Morgan fingerprint density at radius 2 is 1.56 bits per heavy atom. The van der Waals surface area contributed by atoms with Crippen molar-refractivity contribution < 1.29 is 38.4 Å². The number of carbonyl (C=O) groups is 1. The molecule has 6 rings (SSSR count). The van der Waals surface area contributed by atoms with E-state index in [1.165, 1.54) is 6.07 Å². The van der Waals surface area contributed by atoms with Crippen molar-refractivity contribution in [3.8, 4) is 45.6 Å². The van der Waals surface area contributed by atoms with Crippen LogP contribution in [0.15, 0.2) is 68.2 Å². The molecule has 0 spiro atoms. The van der Waals surface area contributed by atoms with Gasteiger partial charge in [-0.2, -0.15) is 0 Å². The molecule has 0 amide bonds. The average molecular weight is 486 g/mol. The van der Waals surface area contributed by atoms with Gasteiger partial charge in [-0.3, -0.25) is 9.59 Å². The zero-order valence-corrected chi connectivity index (χ0v) is 18.6. The molecule has 0 bridgehead atoms. The highest BCUT2D eigenvalue weighted by atomic mass is 16.6. The van der Waals surface area contributed by atoms with Crippen LogP contribution in [0.2, 0.25) is 0 Å². The smallest absolute Gasteiger partial charge is 0.307 e. The third kappa shape index (κ3) is 3.32. The minimum absolute atomic E-state index is 0.0856. The van der Waals surface area contributed by atoms with Crippen LogP contribution in [0.25, 0.3) is 44.6 Å². The van der Waals surface area contributed by atoms with Crippen LogP contribution in [0.4, 0.5) is 0 Å². The molecule has 0 radical (unpaired) electrons. The van der Waals surface area contributed by atoms with E-state index in [-0.39, 0.29) is 39.0 Å². The molecule has 0 fully saturated rings. The SMILES string of the molecule is O=C(O)Cc1c(-c2ccc3c(c2)OCCO3)oc2c(O)c(O)c3c(=O)cc(-c4ccccc4)oc3c12. The highest BCUT2D eigenvalue weighted by Crippen LogP contribution is 2.48. The van der Waals surface area contributed by atoms with Crippen LogP contribution >= 0.6 is 0 Å². The van der Waals surface area contributed by atoms with Gasteiger partial charge in [0.1, 0.15) is 30.1 Å². The first-order chi connectivity index (χ1) is 17.4. The Morgan fingerprint density at radius 3 is 2.31 bits per heavy atom. The molecular formula is C27H18O9. The van der Waals surface area contributed by atoms with Gasteiger partial charge < -0.3 is 33.6 Å². The highest BCUT2D eigenvalue weighted by Gasteiger charge is 2.29. The van der Waals surface area contributed by atoms with Crippen LogP contribution in [0.5, 0.6) is 23.0 Å². The summed E-state index contributed by atoms with van der Waals surface area (Å²) in [6.07, 6.45) is -0.505. The largest absolute Gasteiger partial charge is 0.504 e. The van der Waals surface area contributed by atoms with E-state index in [2.05, 4.69) is 0 Å². The van der Waals surface area contributed by atoms with Gasteiger partial charge in [0.05, 0.1) is 11.8 Å². The number of phenolic OH excluding ortho intramolecular Hbond substituents is 2. The number of furan rings is 1. The molecule has 1 aliphatic rings. The Labute approximate surface area is 202 Å². The first-order valence-electron chi connectivity index (χ1n) is 11.1. The number of rotatable bonds is 4. The Morgan fingerprint density at radius 1 is 0.806 bits per heavy atom. The number of carboxylic acid groups (broad SMARTS) is 1. The second-order valence-electron chi connectivity index (χ2n) is 8.29. The quantitative estimate of drug-likeness (QED) is 0.309. The molecule has 180 valence electrons. The van der Waals surface area contributed by atoms with Crippen LogP contribution in [0.1, 0.15) is 5.56 Å². The number of benzene rings is 3. The van der Waals surface area contributed by atoms with E-state index >= 15 is 0 Å². The summed E-state index contributed by atoms with van der Waals surface area (Å²) in [5.74, 6) is -1.25. The fourth-order valence-corrected chi connectivity index (χ4v) is 4.47. The summed E-state index contributed by atoms with van der Waals surface area (Å²) in [5.41, 5.74) is 0.341. The topological polar surface area (TPSA) is 140 Å². The predicted molar refractivity (Wildman–Crippen MR) is 129 cm³/mol. The van der Waals surface area contributed by atoms with Crippen molar-refractivity contribution in [3.63, 3.8) is 0 Å². The number of ether oxygens (including phenoxy) is 2. The monoisotopic (exact) mass is 486 g/mol. The van der Waals surface area contributed by atoms with Crippen molar-refractivity contribution in [2.45, 2.75) is 6.42 Å². The summed E-state index contributed by atoms with van der Waals surface area (Å²) in [6.45, 7) is 0.758. The molecule has 3 N–H and O–H groups in total. The minimum atomic E-state index is -1.17. The van der Waals surface area contributed by atoms with Gasteiger partial charge in [0, 0.05) is 22.8 Å². The third-order valence-electron chi connectivity index (χ3n) is 6.05. The number of phenols is 2. The van der Waals surface area contributed by atoms with E-state index in [1.54, 1.807) is 42.5 Å². The Bertz CT molecular complexity index is 1730. The fourth-order valence-electron chi connectivity index (χ4n) is 4.47. The van der Waals surface area contributed by atoms with Crippen LogP contribution in [0, 0.1) is 0 Å². The summed E-state index contributed by atoms with van der Waals surface area (Å²) in [6, 6.07) is 15.0. The lowest BCUT2D eigenvalue weighted by Gasteiger charge is -2.18. The fraction of sp³-hybridized carbons (Fsp3) is 0.111. The van der Waals surface area contributed by atoms with Crippen molar-refractivity contribution in [1.82, 2.24) is 0 Å². The Kier molecular flexibility index (Phi) is 4.85. The van der Waals surface area contributed by atoms with Gasteiger partial charge in [-0.15, -0.1) is 0 Å². The summed E-state index contributed by atoms with van der Waals surface area (Å²) >= 11 is 0. The molecule has 9 nitrogen and oxygen atoms in total. The van der Waals surface area contributed by atoms with Crippen molar-refractivity contribution >= 4 is 27.9 Å². The lowest BCUT2D eigenvalue weighted by Crippen LogP contribution is -2.15. The molecule has 36 heavy (non-hydrogen) atoms. The molecule has 5 aromatic rings. The van der Waals surface area contributed by atoms with Gasteiger partial charge in [0.15, 0.2) is 33.8 Å². The van der Waals surface area contributed by atoms with E-state index in [0.717, 1.165) is 0 Å². The Balaban J connectivity index is 1.71. The van der Waals surface area contributed by atoms with Gasteiger partial charge in [-0.25, -0.2) is 0 Å². The third-order valence-corrected chi connectivity index (χ3v) is 6.05. The molecule has 3 aromatic carbocycles. The van der Waals surface area contributed by atoms with E-state index in [1.807, 2.05) is 6.07 Å². The summed E-state index contributed by atoms with van der Waals surface area (Å²) < 4.78 is 23.2. The molecule has 1 aliphatic heterocycles. The van der Waals surface area contributed by atoms with Crippen LogP contribution in [-0.4, -0.2) is 34.5 Å². The first kappa shape index (κ1) is 21.6. The molecule has 0 aliphatic carbocycles. The molecule has 3 heterocycles. The van der Waals surface area contributed by atoms with Crippen molar-refractivity contribution in [2.75, 3.05) is 13.2 Å². The predicted octanol–water partition coefficient (Wildman–Crippen LogP) is 4.68. The number of aromatic hydroxyl groups is 2. The van der Waals surface area contributed by atoms with Gasteiger partial charge in [-0.1, -0.05) is 30.3 Å². The van der Waals surface area contributed by atoms with Crippen LogP contribution < -0.4 is 14.9 Å². The normalized spacial score (nSPS) is 12.8. The summed E-state index contributed by atoms with van der Waals surface area (Å²) in [4.78, 5) is 24.9. The van der Waals surface area contributed by atoms with E-state index < -0.39 is 29.3 Å². The summed E-state index contributed by atoms with van der Waals surface area (Å²) in [5, 5.41) is 31.0. The lowest BCUT2D eigenvalue weighted by atomic mass is 10.00. The zero-order chi connectivity index (χ0) is 25.0. The summed E-state index contributed by atoms with van der Waals surface area (Å²) in [7, 11) is 0. The maximum absolute atomic E-state index is 13.1. The van der Waals surface area contributed by atoms with Crippen LogP contribution in [0.3, 0.4) is 0 Å². The second kappa shape index (κ2) is 8.09. The lowest BCUT2D eigenvalue weighted by molar-refractivity contribution is -0.136. The van der Waals surface area contributed by atoms with Gasteiger partial charge in [0.25, 0.3) is 0 Å². The number of aliphatic carboxylic acids is 1.